The average Bonchev–Trinajstić information content (AvgIpc) is 3.16. The third kappa shape index (κ3) is 3.30. The first-order valence-corrected chi connectivity index (χ1v) is 8.50. The van der Waals surface area contributed by atoms with Crippen molar-refractivity contribution in [2.45, 2.75) is 0 Å². The van der Waals surface area contributed by atoms with Crippen LogP contribution in [0.3, 0.4) is 0 Å². The van der Waals surface area contributed by atoms with Crippen LogP contribution in [-0.2, 0) is 4.74 Å². The van der Waals surface area contributed by atoms with Crippen LogP contribution in [0.2, 0.25) is 0 Å². The number of aliphatic hydroxyl groups is 1. The van der Waals surface area contributed by atoms with Gasteiger partial charge in [-0.3, -0.25) is 4.79 Å². The first-order valence-electron chi connectivity index (χ1n) is 8.50. The first kappa shape index (κ1) is 17.9. The van der Waals surface area contributed by atoms with Crippen molar-refractivity contribution in [3.63, 3.8) is 0 Å². The zero-order chi connectivity index (χ0) is 20.4. The molecule has 0 unspecified atom stereocenters. The lowest BCUT2D eigenvalue weighted by Crippen LogP contribution is -2.17. The maximum absolute atomic E-state index is 12.4. The summed E-state index contributed by atoms with van der Waals surface area (Å²) in [5.41, 5.74) is 0.646. The van der Waals surface area contributed by atoms with Crippen LogP contribution in [-0.4, -0.2) is 37.8 Å². The smallest absolute Gasteiger partial charge is 0.359 e. The van der Waals surface area contributed by atoms with Gasteiger partial charge in [-0.05, 0) is 18.2 Å². The Hall–Kier alpha value is -4.45. The third-order valence-corrected chi connectivity index (χ3v) is 4.26. The highest BCUT2D eigenvalue weighted by atomic mass is 16.5. The molecular weight excluding hydrogens is 374 g/mol. The van der Waals surface area contributed by atoms with Crippen LogP contribution < -0.4 is 5.56 Å². The molecule has 0 saturated carbocycles. The molecule has 0 radical (unpaired) electrons. The largest absolute Gasteiger partial charge is 0.507 e. The fraction of sp³-hybridized carbons (Fsp3) is 0.0500. The summed E-state index contributed by atoms with van der Waals surface area (Å²) >= 11 is 0. The highest BCUT2D eigenvalue weighted by molar-refractivity contribution is 6.02. The SMILES string of the molecule is N#C/C(=C(/O)COC(=O)c1n[nH]c(=O)c2ccccc12)c1nc2ccccc2[nH]1. The summed E-state index contributed by atoms with van der Waals surface area (Å²) in [6.45, 7) is -0.562. The molecule has 0 atom stereocenters. The summed E-state index contributed by atoms with van der Waals surface area (Å²) in [4.78, 5) is 31.4. The molecule has 0 saturated heterocycles. The predicted octanol–water partition coefficient (Wildman–Crippen LogP) is 2.45. The molecule has 0 fully saturated rings. The number of fused-ring (bicyclic) bond motifs is 2. The molecule has 9 nitrogen and oxygen atoms in total. The molecule has 3 N–H and O–H groups in total. The van der Waals surface area contributed by atoms with Gasteiger partial charge in [-0.2, -0.15) is 10.4 Å². The van der Waals surface area contributed by atoms with E-state index in [9.17, 15) is 20.0 Å². The van der Waals surface area contributed by atoms with Crippen molar-refractivity contribution < 1.29 is 14.6 Å². The Bertz CT molecular complexity index is 1340. The van der Waals surface area contributed by atoms with Crippen LogP contribution in [0.25, 0.3) is 27.4 Å². The molecule has 0 spiro atoms. The van der Waals surface area contributed by atoms with Gasteiger partial charge in [0.1, 0.15) is 18.2 Å². The van der Waals surface area contributed by atoms with Crippen LogP contribution in [0.5, 0.6) is 0 Å². The number of benzene rings is 2. The number of hydrogen-bond acceptors (Lipinski definition) is 7. The fourth-order valence-corrected chi connectivity index (χ4v) is 2.87. The van der Waals surface area contributed by atoms with E-state index in [1.165, 1.54) is 0 Å². The summed E-state index contributed by atoms with van der Waals surface area (Å²) in [6.07, 6.45) is 0. The Kier molecular flexibility index (Phi) is 4.50. The van der Waals surface area contributed by atoms with Gasteiger partial charge < -0.3 is 14.8 Å². The van der Waals surface area contributed by atoms with Crippen LogP contribution in [0, 0.1) is 11.3 Å². The zero-order valence-corrected chi connectivity index (χ0v) is 14.8. The summed E-state index contributed by atoms with van der Waals surface area (Å²) in [5.74, 6) is -1.16. The standard InChI is InChI=1S/C20H13N5O4/c21-9-13(18-22-14-7-3-4-8-15(14)23-18)16(26)10-29-20(28)17-11-5-1-2-6-12(11)19(27)25-24-17/h1-8,26H,10H2,(H,22,23)(H,25,27)/b16-13-. The molecule has 2 heterocycles. The second-order valence-electron chi connectivity index (χ2n) is 6.06. The van der Waals surface area contributed by atoms with Crippen molar-refractivity contribution in [2.24, 2.45) is 0 Å². The number of esters is 1. The van der Waals surface area contributed by atoms with Crippen molar-refractivity contribution in [1.82, 2.24) is 20.2 Å². The van der Waals surface area contributed by atoms with Crippen LogP contribution in [0.1, 0.15) is 16.3 Å². The summed E-state index contributed by atoms with van der Waals surface area (Å²) in [7, 11) is 0. The average molecular weight is 387 g/mol. The lowest BCUT2D eigenvalue weighted by Gasteiger charge is -2.06. The van der Waals surface area contributed by atoms with Gasteiger partial charge in [-0.25, -0.2) is 14.9 Å². The van der Waals surface area contributed by atoms with Gasteiger partial charge in [0.2, 0.25) is 0 Å². The molecule has 2 aromatic carbocycles. The van der Waals surface area contributed by atoms with Crippen molar-refractivity contribution in [3.05, 3.63) is 76.2 Å². The van der Waals surface area contributed by atoms with Gasteiger partial charge in [-0.1, -0.05) is 30.3 Å². The molecule has 142 valence electrons. The number of ether oxygens (including phenoxy) is 1. The number of aromatic amines is 2. The molecule has 0 aliphatic carbocycles. The molecule has 0 aliphatic rings. The van der Waals surface area contributed by atoms with E-state index in [-0.39, 0.29) is 22.5 Å². The predicted molar refractivity (Wildman–Crippen MR) is 104 cm³/mol. The minimum atomic E-state index is -0.856. The maximum Gasteiger partial charge on any atom is 0.359 e. The molecule has 2 aromatic heterocycles. The van der Waals surface area contributed by atoms with Crippen molar-refractivity contribution in [3.8, 4) is 6.07 Å². The quantitative estimate of drug-likeness (QED) is 0.277. The Labute approximate surface area is 162 Å². The number of hydrogen-bond donors (Lipinski definition) is 3. The number of rotatable bonds is 4. The number of carbonyl (C=O) groups excluding carboxylic acids is 1. The fourth-order valence-electron chi connectivity index (χ4n) is 2.87. The molecule has 0 amide bonds. The third-order valence-electron chi connectivity index (χ3n) is 4.26. The Balaban J connectivity index is 1.61. The van der Waals surface area contributed by atoms with Gasteiger partial charge in [0.25, 0.3) is 5.56 Å². The Morgan fingerprint density at radius 2 is 1.86 bits per heavy atom. The number of allylic oxidation sites excluding steroid dienone is 1. The number of para-hydroxylation sites is 2. The second-order valence-corrected chi connectivity index (χ2v) is 6.06. The molecule has 9 heteroatoms. The van der Waals surface area contributed by atoms with Crippen molar-refractivity contribution in [2.75, 3.05) is 6.61 Å². The highest BCUT2D eigenvalue weighted by Gasteiger charge is 2.18. The van der Waals surface area contributed by atoms with E-state index < -0.39 is 23.9 Å². The normalized spacial score (nSPS) is 11.8. The zero-order valence-electron chi connectivity index (χ0n) is 14.8. The van der Waals surface area contributed by atoms with E-state index in [0.29, 0.717) is 16.4 Å². The summed E-state index contributed by atoms with van der Waals surface area (Å²) in [5, 5.41) is 26.3. The van der Waals surface area contributed by atoms with E-state index in [2.05, 4.69) is 20.2 Å². The van der Waals surface area contributed by atoms with Crippen molar-refractivity contribution in [1.29, 1.82) is 5.26 Å². The Morgan fingerprint density at radius 1 is 1.14 bits per heavy atom. The van der Waals surface area contributed by atoms with Crippen LogP contribution >= 0.6 is 0 Å². The molecule has 4 rings (SSSR count). The first-order chi connectivity index (χ1) is 14.1. The second kappa shape index (κ2) is 7.28. The van der Waals surface area contributed by atoms with E-state index >= 15 is 0 Å². The molecule has 4 aromatic rings. The maximum atomic E-state index is 12.4. The number of nitriles is 1. The molecule has 29 heavy (non-hydrogen) atoms. The number of H-pyrrole nitrogens is 2. The van der Waals surface area contributed by atoms with Gasteiger partial charge in [0, 0.05) is 5.39 Å². The number of imidazole rings is 1. The molecule has 0 bridgehead atoms. The monoisotopic (exact) mass is 387 g/mol. The van der Waals surface area contributed by atoms with Gasteiger partial charge >= 0.3 is 5.97 Å². The molecule has 0 aliphatic heterocycles. The van der Waals surface area contributed by atoms with E-state index in [0.717, 1.165) is 0 Å². The van der Waals surface area contributed by atoms with Crippen LogP contribution in [0.4, 0.5) is 0 Å². The topological polar surface area (TPSA) is 145 Å². The van der Waals surface area contributed by atoms with Gasteiger partial charge in [0.05, 0.1) is 16.4 Å². The van der Waals surface area contributed by atoms with Crippen molar-refractivity contribution >= 4 is 33.3 Å². The van der Waals surface area contributed by atoms with E-state index in [1.54, 1.807) is 42.5 Å². The number of aromatic nitrogens is 4. The lowest BCUT2D eigenvalue weighted by molar-refractivity contribution is 0.0497. The Morgan fingerprint density at radius 3 is 2.62 bits per heavy atom. The lowest BCUT2D eigenvalue weighted by atomic mass is 10.1. The highest BCUT2D eigenvalue weighted by Crippen LogP contribution is 2.19. The number of aliphatic hydroxyl groups excluding tert-OH is 1. The minimum Gasteiger partial charge on any atom is -0.507 e. The van der Waals surface area contributed by atoms with Gasteiger partial charge in [-0.15, -0.1) is 0 Å². The van der Waals surface area contributed by atoms with Crippen LogP contribution in [0.15, 0.2) is 59.1 Å². The summed E-state index contributed by atoms with van der Waals surface area (Å²) < 4.78 is 5.09. The van der Waals surface area contributed by atoms with E-state index in [4.69, 9.17) is 4.74 Å². The number of carbonyl (C=O) groups is 1. The minimum absolute atomic E-state index is 0.102. The number of nitrogens with zero attached hydrogens (tertiary/aromatic N) is 3. The summed E-state index contributed by atoms with van der Waals surface area (Å²) in [6, 6.07) is 15.5. The van der Waals surface area contributed by atoms with E-state index in [1.807, 2.05) is 12.1 Å². The van der Waals surface area contributed by atoms with Gasteiger partial charge in [0.15, 0.2) is 17.3 Å². The number of nitrogens with one attached hydrogen (secondary N) is 2. The molecular formula is C20H13N5O4.